The Morgan fingerprint density at radius 1 is 0.846 bits per heavy atom. The van der Waals surface area contributed by atoms with Crippen LogP contribution < -0.4 is 10.8 Å². The molecule has 1 aliphatic heterocycles. The van der Waals surface area contributed by atoms with Gasteiger partial charge in [-0.05, 0) is 143 Å². The molecule has 0 radical (unpaired) electrons. The molecule has 0 amide bonds. The third kappa shape index (κ3) is 36.9. The van der Waals surface area contributed by atoms with Crippen LogP contribution in [0.2, 0.25) is 0 Å². The van der Waals surface area contributed by atoms with E-state index in [1.165, 1.54) is 41.6 Å². The fraction of sp³-hybridized carbons (Fsp3) is 0.603. The van der Waals surface area contributed by atoms with E-state index in [0.29, 0.717) is 24.3 Å². The van der Waals surface area contributed by atoms with E-state index in [1.807, 2.05) is 66.7 Å². The minimum atomic E-state index is -0.414. The van der Waals surface area contributed by atoms with E-state index in [-0.39, 0.29) is 23.6 Å². The number of carboxylic acid groups (broad SMARTS) is 1. The number of hydroxylamine groups is 1. The molecular formula is C58H100N2O5. The highest BCUT2D eigenvalue weighted by Gasteiger charge is 2.38. The molecule has 3 N–H and O–H groups in total. The van der Waals surface area contributed by atoms with Gasteiger partial charge in [0.15, 0.2) is 5.78 Å². The van der Waals surface area contributed by atoms with Gasteiger partial charge in [-0.15, -0.1) is 0 Å². The van der Waals surface area contributed by atoms with Gasteiger partial charge in [0.25, 0.3) is 6.47 Å². The lowest BCUT2D eigenvalue weighted by Crippen LogP contribution is -2.40. The monoisotopic (exact) mass is 905 g/mol. The Kier molecular flexibility index (Phi) is 45.8. The van der Waals surface area contributed by atoms with Crippen LogP contribution >= 0.6 is 0 Å². The molecular weight excluding hydrogens is 805 g/mol. The summed E-state index contributed by atoms with van der Waals surface area (Å²) in [4.78, 5) is 38.1. The normalized spacial score (nSPS) is 18.7. The number of carbonyl (C=O) groups is 3. The van der Waals surface area contributed by atoms with Gasteiger partial charge < -0.3 is 15.2 Å². The highest BCUT2D eigenvalue weighted by Crippen LogP contribution is 2.40. The Labute approximate surface area is 401 Å². The number of nitrogens with one attached hydrogen (secondary N) is 2. The van der Waals surface area contributed by atoms with Crippen molar-refractivity contribution in [2.24, 2.45) is 23.2 Å². The molecule has 2 aliphatic rings. The number of carbonyl (C=O) groups excluding carboxylic acids is 2. The van der Waals surface area contributed by atoms with Crippen molar-refractivity contribution in [1.82, 2.24) is 10.8 Å². The number of ketones is 1. The highest BCUT2D eigenvalue weighted by atomic mass is 16.7. The summed E-state index contributed by atoms with van der Waals surface area (Å²) in [6, 6.07) is 0.426. The van der Waals surface area contributed by atoms with E-state index < -0.39 is 6.10 Å². The quantitative estimate of drug-likeness (QED) is 0.0367. The second-order valence-electron chi connectivity index (χ2n) is 17.7. The summed E-state index contributed by atoms with van der Waals surface area (Å²) in [5, 5.41) is 10.3. The fourth-order valence-electron chi connectivity index (χ4n) is 7.32. The van der Waals surface area contributed by atoms with Crippen LogP contribution in [0.15, 0.2) is 118 Å². The maximum Gasteiger partial charge on any atom is 0.290 e. The number of aldehydes is 1. The van der Waals surface area contributed by atoms with E-state index in [4.69, 9.17) is 14.7 Å². The van der Waals surface area contributed by atoms with Crippen molar-refractivity contribution < 1.29 is 24.3 Å². The Balaban J connectivity index is -0.000000489. The maximum absolute atomic E-state index is 12.9. The van der Waals surface area contributed by atoms with Gasteiger partial charge >= 0.3 is 0 Å². The van der Waals surface area contributed by atoms with Crippen molar-refractivity contribution in [3.8, 4) is 0 Å². The summed E-state index contributed by atoms with van der Waals surface area (Å²) in [5.74, 6) is 1.35. The molecule has 1 heterocycles. The molecule has 372 valence electrons. The Hall–Kier alpha value is -3.91. The molecule has 0 aromatic rings. The van der Waals surface area contributed by atoms with Crippen molar-refractivity contribution in [2.45, 2.75) is 195 Å². The number of hydrogen-bond acceptors (Lipinski definition) is 6. The van der Waals surface area contributed by atoms with E-state index in [1.54, 1.807) is 0 Å². The zero-order chi connectivity index (χ0) is 50.8. The Bertz CT molecular complexity index is 1570. The predicted octanol–water partition coefficient (Wildman–Crippen LogP) is 15.8. The molecule has 65 heavy (non-hydrogen) atoms. The van der Waals surface area contributed by atoms with Crippen LogP contribution in [0, 0.1) is 23.2 Å². The summed E-state index contributed by atoms with van der Waals surface area (Å²) < 4.78 is 0. The van der Waals surface area contributed by atoms with Crippen LogP contribution in [0.5, 0.6) is 0 Å². The van der Waals surface area contributed by atoms with Gasteiger partial charge in [-0.3, -0.25) is 14.4 Å². The number of rotatable bonds is 20. The highest BCUT2D eigenvalue weighted by molar-refractivity contribution is 6.00. The fourth-order valence-corrected chi connectivity index (χ4v) is 7.32. The van der Waals surface area contributed by atoms with Crippen molar-refractivity contribution in [3.05, 3.63) is 118 Å². The molecule has 0 aromatic heterocycles. The van der Waals surface area contributed by atoms with Gasteiger partial charge in [-0.1, -0.05) is 182 Å². The molecule has 1 fully saturated rings. The van der Waals surface area contributed by atoms with Crippen LogP contribution in [0.4, 0.5) is 0 Å². The second kappa shape index (κ2) is 44.0. The second-order valence-corrected chi connectivity index (χ2v) is 17.7. The number of unbranched alkanes of at least 4 members (excludes halogenated alkanes) is 2. The minimum Gasteiger partial charge on any atom is -0.483 e. The lowest BCUT2D eigenvalue weighted by Gasteiger charge is -2.36. The average Bonchev–Trinajstić information content (AvgIpc) is 3.80. The Morgan fingerprint density at radius 2 is 1.42 bits per heavy atom. The molecule has 5 atom stereocenters. The molecule has 0 aromatic carbocycles. The van der Waals surface area contributed by atoms with E-state index in [0.717, 1.165) is 61.8 Å². The maximum atomic E-state index is 12.9. The summed E-state index contributed by atoms with van der Waals surface area (Å²) in [7, 11) is 0. The summed E-state index contributed by atoms with van der Waals surface area (Å²) in [6.07, 6.45) is 36.9. The van der Waals surface area contributed by atoms with Gasteiger partial charge in [-0.25, -0.2) is 5.48 Å². The third-order valence-corrected chi connectivity index (χ3v) is 10.3. The summed E-state index contributed by atoms with van der Waals surface area (Å²) in [6.45, 7) is 41.4. The van der Waals surface area contributed by atoms with Gasteiger partial charge in [0.1, 0.15) is 12.4 Å². The lowest BCUT2D eigenvalue weighted by molar-refractivity contribution is -0.136. The summed E-state index contributed by atoms with van der Waals surface area (Å²) in [5.41, 5.74) is 11.2. The first-order valence-electron chi connectivity index (χ1n) is 24.7. The zero-order valence-electron chi connectivity index (χ0n) is 45.2. The molecule has 1 saturated heterocycles. The van der Waals surface area contributed by atoms with Crippen LogP contribution in [0.1, 0.15) is 183 Å². The first kappa shape index (κ1) is 67.7. The van der Waals surface area contributed by atoms with E-state index in [9.17, 15) is 9.59 Å². The van der Waals surface area contributed by atoms with Crippen molar-refractivity contribution >= 4 is 18.5 Å². The van der Waals surface area contributed by atoms with Gasteiger partial charge in [0.05, 0.1) is 0 Å². The predicted molar refractivity (Wildman–Crippen MR) is 286 cm³/mol. The largest absolute Gasteiger partial charge is 0.483 e. The molecule has 5 unspecified atom stereocenters. The molecule has 1 aliphatic carbocycles. The van der Waals surface area contributed by atoms with Gasteiger partial charge in [-0.2, -0.15) is 0 Å². The molecule has 7 nitrogen and oxygen atoms in total. The zero-order valence-corrected chi connectivity index (χ0v) is 45.2. The summed E-state index contributed by atoms with van der Waals surface area (Å²) >= 11 is 0. The van der Waals surface area contributed by atoms with Crippen molar-refractivity contribution in [3.63, 3.8) is 0 Å². The third-order valence-electron chi connectivity index (χ3n) is 10.3. The molecule has 0 bridgehead atoms. The first-order valence-corrected chi connectivity index (χ1v) is 24.7. The average molecular weight is 905 g/mol. The van der Waals surface area contributed by atoms with Gasteiger partial charge in [0, 0.05) is 18.5 Å². The smallest absolute Gasteiger partial charge is 0.290 e. The van der Waals surface area contributed by atoms with Crippen LogP contribution in [0.3, 0.4) is 0 Å². The van der Waals surface area contributed by atoms with Crippen LogP contribution in [-0.4, -0.2) is 48.9 Å². The molecule has 0 spiro atoms. The topological polar surface area (TPSA) is 105 Å². The van der Waals surface area contributed by atoms with Gasteiger partial charge in [0.2, 0.25) is 0 Å². The standard InChI is InChI=1S/C31H49NO2.C13H23NO.C9H14.2C2H6.CH2O2/c1-10-11-12-20-32-34-29-22-31(8,9)28(27(7)30(29)33)19-18-25(5)15-13-14-24(4)16-17-26(6)21-23(2)3;1-10(2)7-11(3)8-12(9-15)13-5-4-6-14-13;1-4-6-8-9(3)7-5-2;2*1-2;2-1-3/h13-16,18-19,21,26,29,32H,10-12,17,20,22H2,1-9H3;7,9,11-14H,4-6,8H2,1-3H3;4-8H,1-3H3;2*1-2H3;1H,(H,2,3)/b14-13+,19-18+,24-16+,25-15+;;6-4+,7-5+,9-8+;;;. The van der Waals surface area contributed by atoms with Crippen molar-refractivity contribution in [1.29, 1.82) is 0 Å². The van der Waals surface area contributed by atoms with Crippen LogP contribution in [0.25, 0.3) is 0 Å². The van der Waals surface area contributed by atoms with E-state index >= 15 is 0 Å². The minimum absolute atomic E-state index is 0.0894. The number of Topliss-reactive ketones (excluding diaryl/α,β-unsaturated/α-hetero) is 1. The molecule has 2 rings (SSSR count). The SMILES string of the molecule is C/C=C/C=C(C)/C=C/C.CC.CC.CC(C)=CC(C)CC(C=O)C1CCCN1.CCCCCNOC1CC(C)(C)C(/C=C/C(C)=C/C=C/C(C)=C/CC(C)C=C(C)C)=C(C)C1=O.O=CO. The molecule has 0 saturated carbocycles. The lowest BCUT2D eigenvalue weighted by atomic mass is 9.71. The van der Waals surface area contributed by atoms with Crippen LogP contribution in [-0.2, 0) is 19.2 Å². The van der Waals surface area contributed by atoms with Crippen molar-refractivity contribution in [2.75, 3.05) is 13.1 Å². The van der Waals surface area contributed by atoms with E-state index in [2.05, 4.69) is 155 Å². The number of allylic oxidation sites excluding steroid dienone is 19. The first-order chi connectivity index (χ1) is 30.8. The number of hydrogen-bond donors (Lipinski definition) is 3. The Morgan fingerprint density at radius 3 is 1.92 bits per heavy atom. The molecule has 7 heteroatoms.